The van der Waals surface area contributed by atoms with E-state index >= 15 is 0 Å². The van der Waals surface area contributed by atoms with E-state index in [1.54, 1.807) is 6.20 Å². The first-order valence-corrected chi connectivity index (χ1v) is 9.84. The van der Waals surface area contributed by atoms with E-state index in [0.717, 1.165) is 29.4 Å². The van der Waals surface area contributed by atoms with E-state index in [0.29, 0.717) is 12.1 Å². The number of aryl methyl sites for hydroxylation is 1. The molecule has 0 aliphatic carbocycles. The number of imidazole rings is 1. The number of benzene rings is 2. The highest BCUT2D eigenvalue weighted by atomic mass is 32.2. The van der Waals surface area contributed by atoms with Crippen molar-refractivity contribution in [2.45, 2.75) is 19.2 Å². The second-order valence-corrected chi connectivity index (χ2v) is 7.20. The van der Waals surface area contributed by atoms with E-state index in [2.05, 4.69) is 39.1 Å². The van der Waals surface area contributed by atoms with Crippen LogP contribution >= 0.6 is 11.8 Å². The Hall–Kier alpha value is -2.53. The van der Waals surface area contributed by atoms with Crippen LogP contribution in [-0.4, -0.2) is 27.8 Å². The Bertz CT molecular complexity index is 828. The summed E-state index contributed by atoms with van der Waals surface area (Å²) < 4.78 is 2.08. The maximum atomic E-state index is 12.2. The number of aromatic nitrogens is 2. The SMILES string of the molecule is Cc1nccn1Cc1ccc(C(=O)NCCSCc2ccccc2)cc1. The van der Waals surface area contributed by atoms with Crippen molar-refractivity contribution < 1.29 is 4.79 Å². The van der Waals surface area contributed by atoms with Gasteiger partial charge in [-0.15, -0.1) is 0 Å². The third-order valence-corrected chi connectivity index (χ3v) is 5.17. The first-order valence-electron chi connectivity index (χ1n) is 8.69. The molecule has 0 radical (unpaired) electrons. The van der Waals surface area contributed by atoms with Gasteiger partial charge in [-0.1, -0.05) is 42.5 Å². The average Bonchev–Trinajstić information content (AvgIpc) is 3.07. The summed E-state index contributed by atoms with van der Waals surface area (Å²) in [7, 11) is 0. The molecule has 1 N–H and O–H groups in total. The summed E-state index contributed by atoms with van der Waals surface area (Å²) in [5.41, 5.74) is 3.16. The molecule has 0 saturated heterocycles. The Kier molecular flexibility index (Phi) is 6.50. The minimum atomic E-state index is -0.0179. The lowest BCUT2D eigenvalue weighted by Crippen LogP contribution is -2.25. The van der Waals surface area contributed by atoms with Gasteiger partial charge in [0.05, 0.1) is 0 Å². The summed E-state index contributed by atoms with van der Waals surface area (Å²) in [6.45, 7) is 3.42. The van der Waals surface area contributed by atoms with E-state index in [-0.39, 0.29) is 5.91 Å². The topological polar surface area (TPSA) is 46.9 Å². The first kappa shape index (κ1) is 18.3. The molecule has 0 fully saturated rings. The minimum Gasteiger partial charge on any atom is -0.351 e. The fraction of sp³-hybridized carbons (Fsp3) is 0.238. The van der Waals surface area contributed by atoms with Gasteiger partial charge in [0, 0.05) is 42.6 Å². The summed E-state index contributed by atoms with van der Waals surface area (Å²) in [6, 6.07) is 18.1. The zero-order valence-electron chi connectivity index (χ0n) is 14.9. The van der Waals surface area contributed by atoms with Gasteiger partial charge in [0.2, 0.25) is 0 Å². The lowest BCUT2D eigenvalue weighted by molar-refractivity contribution is 0.0956. The molecular formula is C21H23N3OS. The molecule has 134 valence electrons. The summed E-state index contributed by atoms with van der Waals surface area (Å²) >= 11 is 1.83. The van der Waals surface area contributed by atoms with Crippen molar-refractivity contribution in [3.8, 4) is 0 Å². The number of nitrogens with one attached hydrogen (secondary N) is 1. The molecule has 0 spiro atoms. The predicted molar refractivity (Wildman–Crippen MR) is 107 cm³/mol. The standard InChI is InChI=1S/C21H23N3OS/c1-17-22-11-13-24(17)15-18-7-9-20(10-8-18)21(25)23-12-14-26-16-19-5-3-2-4-6-19/h2-11,13H,12,14-16H2,1H3,(H,23,25). The Morgan fingerprint density at radius 1 is 1.08 bits per heavy atom. The molecule has 5 heteroatoms. The van der Waals surface area contributed by atoms with Gasteiger partial charge >= 0.3 is 0 Å². The molecular weight excluding hydrogens is 342 g/mol. The van der Waals surface area contributed by atoms with Crippen molar-refractivity contribution in [1.82, 2.24) is 14.9 Å². The lowest BCUT2D eigenvalue weighted by Gasteiger charge is -2.08. The van der Waals surface area contributed by atoms with Crippen LogP contribution in [0.3, 0.4) is 0 Å². The van der Waals surface area contributed by atoms with Crippen LogP contribution in [0.2, 0.25) is 0 Å². The highest BCUT2D eigenvalue weighted by molar-refractivity contribution is 7.98. The van der Waals surface area contributed by atoms with Crippen LogP contribution in [0.25, 0.3) is 0 Å². The van der Waals surface area contributed by atoms with Crippen molar-refractivity contribution in [2.75, 3.05) is 12.3 Å². The highest BCUT2D eigenvalue weighted by Gasteiger charge is 2.05. The zero-order valence-corrected chi connectivity index (χ0v) is 15.7. The number of carbonyl (C=O) groups excluding carboxylic acids is 1. The fourth-order valence-electron chi connectivity index (χ4n) is 2.63. The second-order valence-electron chi connectivity index (χ2n) is 6.09. The molecule has 0 aliphatic rings. The first-order chi connectivity index (χ1) is 12.7. The molecule has 0 unspecified atom stereocenters. The molecule has 3 rings (SSSR count). The van der Waals surface area contributed by atoms with Gasteiger partial charge in [-0.05, 0) is 30.2 Å². The van der Waals surface area contributed by atoms with Crippen LogP contribution in [0.4, 0.5) is 0 Å². The van der Waals surface area contributed by atoms with E-state index in [1.807, 2.05) is 55.2 Å². The molecule has 0 aliphatic heterocycles. The molecule has 26 heavy (non-hydrogen) atoms. The van der Waals surface area contributed by atoms with Crippen LogP contribution in [0, 0.1) is 6.92 Å². The third-order valence-electron chi connectivity index (χ3n) is 4.14. The van der Waals surface area contributed by atoms with Gasteiger partial charge in [-0.3, -0.25) is 4.79 Å². The van der Waals surface area contributed by atoms with Gasteiger partial charge in [0.1, 0.15) is 5.82 Å². The molecule has 2 aromatic carbocycles. The fourth-order valence-corrected chi connectivity index (χ4v) is 3.45. The summed E-state index contributed by atoms with van der Waals surface area (Å²) in [5.74, 6) is 2.84. The lowest BCUT2D eigenvalue weighted by atomic mass is 10.1. The van der Waals surface area contributed by atoms with Gasteiger partial charge in [-0.2, -0.15) is 11.8 Å². The number of hydrogen-bond donors (Lipinski definition) is 1. The number of hydrogen-bond acceptors (Lipinski definition) is 3. The van der Waals surface area contributed by atoms with Crippen LogP contribution in [0.5, 0.6) is 0 Å². The summed E-state index contributed by atoms with van der Waals surface area (Å²) in [5, 5.41) is 2.98. The molecule has 3 aromatic rings. The monoisotopic (exact) mass is 365 g/mol. The van der Waals surface area contributed by atoms with Gasteiger partial charge in [0.15, 0.2) is 0 Å². The van der Waals surface area contributed by atoms with Crippen LogP contribution in [0.1, 0.15) is 27.3 Å². The zero-order chi connectivity index (χ0) is 18.2. The number of amides is 1. The quantitative estimate of drug-likeness (QED) is 0.616. The summed E-state index contributed by atoms with van der Waals surface area (Å²) in [4.78, 5) is 16.4. The minimum absolute atomic E-state index is 0.0179. The van der Waals surface area contributed by atoms with Crippen molar-refractivity contribution >= 4 is 17.7 Å². The largest absolute Gasteiger partial charge is 0.351 e. The van der Waals surface area contributed by atoms with Crippen molar-refractivity contribution in [2.24, 2.45) is 0 Å². The average molecular weight is 366 g/mol. The van der Waals surface area contributed by atoms with E-state index in [4.69, 9.17) is 0 Å². The van der Waals surface area contributed by atoms with Crippen molar-refractivity contribution in [3.63, 3.8) is 0 Å². The Morgan fingerprint density at radius 2 is 1.85 bits per heavy atom. The molecule has 1 amide bonds. The maximum Gasteiger partial charge on any atom is 0.251 e. The molecule has 0 atom stereocenters. The molecule has 1 heterocycles. The van der Waals surface area contributed by atoms with Crippen LogP contribution < -0.4 is 5.32 Å². The van der Waals surface area contributed by atoms with Gasteiger partial charge < -0.3 is 9.88 Å². The molecule has 0 saturated carbocycles. The normalized spacial score (nSPS) is 10.7. The number of thioether (sulfide) groups is 1. The summed E-state index contributed by atoms with van der Waals surface area (Å²) in [6.07, 6.45) is 3.76. The third kappa shape index (κ3) is 5.23. The number of carbonyl (C=O) groups is 1. The van der Waals surface area contributed by atoms with E-state index in [1.165, 1.54) is 5.56 Å². The molecule has 4 nitrogen and oxygen atoms in total. The van der Waals surface area contributed by atoms with E-state index in [9.17, 15) is 4.79 Å². The van der Waals surface area contributed by atoms with Gasteiger partial charge in [0.25, 0.3) is 5.91 Å². The smallest absolute Gasteiger partial charge is 0.251 e. The van der Waals surface area contributed by atoms with Crippen molar-refractivity contribution in [3.05, 3.63) is 89.5 Å². The number of rotatable bonds is 8. The van der Waals surface area contributed by atoms with Crippen LogP contribution in [-0.2, 0) is 12.3 Å². The molecule has 1 aromatic heterocycles. The Morgan fingerprint density at radius 3 is 2.54 bits per heavy atom. The van der Waals surface area contributed by atoms with Gasteiger partial charge in [-0.25, -0.2) is 4.98 Å². The van der Waals surface area contributed by atoms with E-state index < -0.39 is 0 Å². The second kappa shape index (κ2) is 9.25. The Labute approximate surface area is 158 Å². The van der Waals surface area contributed by atoms with Crippen molar-refractivity contribution in [1.29, 1.82) is 0 Å². The maximum absolute atomic E-state index is 12.2. The molecule has 0 bridgehead atoms. The van der Waals surface area contributed by atoms with Crippen LogP contribution in [0.15, 0.2) is 67.0 Å². The Balaban J connectivity index is 1.41. The predicted octanol–water partition coefficient (Wildman–Crippen LogP) is 3.90. The number of nitrogens with zero attached hydrogens (tertiary/aromatic N) is 2. The highest BCUT2D eigenvalue weighted by Crippen LogP contribution is 2.11.